The maximum absolute atomic E-state index is 13.3. The van der Waals surface area contributed by atoms with Crippen molar-refractivity contribution in [3.05, 3.63) is 24.0 Å². The van der Waals surface area contributed by atoms with Gasteiger partial charge in [0.05, 0.1) is 18.7 Å². The van der Waals surface area contributed by atoms with E-state index in [1.54, 1.807) is 0 Å². The third-order valence-electron chi connectivity index (χ3n) is 2.40. The van der Waals surface area contributed by atoms with E-state index in [0.717, 1.165) is 10.7 Å². The Hall–Kier alpha value is -2.19. The van der Waals surface area contributed by atoms with E-state index in [-0.39, 0.29) is 17.1 Å². The number of benzene rings is 1. The van der Waals surface area contributed by atoms with Gasteiger partial charge < -0.3 is 5.73 Å². The van der Waals surface area contributed by atoms with Crippen molar-refractivity contribution in [1.29, 1.82) is 0 Å². The highest BCUT2D eigenvalue weighted by Crippen LogP contribution is 2.23. The van der Waals surface area contributed by atoms with Gasteiger partial charge in [0.1, 0.15) is 5.82 Å². The Morgan fingerprint density at radius 3 is 2.63 bits per heavy atom. The van der Waals surface area contributed by atoms with E-state index in [2.05, 4.69) is 15.5 Å². The second kappa shape index (κ2) is 4.82. The number of halogens is 4. The second-order valence-electron chi connectivity index (χ2n) is 3.83. The quantitative estimate of drug-likeness (QED) is 0.687. The minimum atomic E-state index is -4.31. The normalized spacial score (nSPS) is 11.8. The predicted molar refractivity (Wildman–Crippen MR) is 58.3 cm³/mol. The fourth-order valence-electron chi connectivity index (χ4n) is 1.46. The molecule has 0 saturated carbocycles. The van der Waals surface area contributed by atoms with Crippen molar-refractivity contribution in [2.45, 2.75) is 19.1 Å². The zero-order valence-electron chi connectivity index (χ0n) is 9.52. The number of hydrogen-bond acceptors (Lipinski definition) is 4. The van der Waals surface area contributed by atoms with Crippen molar-refractivity contribution in [3.8, 4) is 11.4 Å². The van der Waals surface area contributed by atoms with Crippen LogP contribution in [0.2, 0.25) is 0 Å². The van der Waals surface area contributed by atoms with Crippen LogP contribution in [0.25, 0.3) is 11.4 Å². The van der Waals surface area contributed by atoms with E-state index in [1.165, 1.54) is 12.1 Å². The van der Waals surface area contributed by atoms with Crippen molar-refractivity contribution < 1.29 is 17.6 Å². The van der Waals surface area contributed by atoms with Gasteiger partial charge in [-0.05, 0) is 28.6 Å². The first-order valence-corrected chi connectivity index (χ1v) is 5.25. The minimum Gasteiger partial charge on any atom is -0.396 e. The highest BCUT2D eigenvalue weighted by molar-refractivity contribution is 5.58. The lowest BCUT2D eigenvalue weighted by atomic mass is 10.2. The summed E-state index contributed by atoms with van der Waals surface area (Å²) in [5.41, 5.74) is 5.52. The Bertz CT molecular complexity index is 578. The molecule has 0 fully saturated rings. The molecule has 1 aromatic heterocycles. The van der Waals surface area contributed by atoms with Gasteiger partial charge >= 0.3 is 6.18 Å². The van der Waals surface area contributed by atoms with E-state index in [1.807, 2.05) is 0 Å². The van der Waals surface area contributed by atoms with Crippen LogP contribution in [0.15, 0.2) is 18.2 Å². The number of aryl methyl sites for hydroxylation is 1. The van der Waals surface area contributed by atoms with Crippen molar-refractivity contribution in [2.75, 3.05) is 5.73 Å². The van der Waals surface area contributed by atoms with Crippen LogP contribution < -0.4 is 5.73 Å². The zero-order valence-corrected chi connectivity index (χ0v) is 9.52. The van der Waals surface area contributed by atoms with Gasteiger partial charge in [-0.2, -0.15) is 13.2 Å². The Kier molecular flexibility index (Phi) is 3.36. The number of alkyl halides is 3. The minimum absolute atomic E-state index is 0.0573. The zero-order chi connectivity index (χ0) is 14.0. The van der Waals surface area contributed by atoms with Crippen LogP contribution in [-0.2, 0) is 6.54 Å². The second-order valence-corrected chi connectivity index (χ2v) is 3.83. The Morgan fingerprint density at radius 1 is 1.26 bits per heavy atom. The van der Waals surface area contributed by atoms with E-state index in [0.29, 0.717) is 0 Å². The fourth-order valence-corrected chi connectivity index (χ4v) is 1.46. The first kappa shape index (κ1) is 13.2. The van der Waals surface area contributed by atoms with Crippen LogP contribution in [0.1, 0.15) is 6.42 Å². The molecule has 1 heterocycles. The van der Waals surface area contributed by atoms with Gasteiger partial charge in [0, 0.05) is 5.56 Å². The molecule has 0 aliphatic heterocycles. The van der Waals surface area contributed by atoms with Crippen LogP contribution in [-0.4, -0.2) is 26.4 Å². The average Bonchev–Trinajstić information content (AvgIpc) is 2.77. The number of rotatable bonds is 3. The highest BCUT2D eigenvalue weighted by atomic mass is 19.4. The molecule has 0 unspecified atom stereocenters. The number of nitrogens with zero attached hydrogens (tertiary/aromatic N) is 4. The number of hydrogen-bond donors (Lipinski definition) is 1. The predicted octanol–water partition coefficient (Wildman–Crippen LogP) is 2.01. The lowest BCUT2D eigenvalue weighted by molar-refractivity contribution is -0.137. The van der Waals surface area contributed by atoms with Crippen molar-refractivity contribution in [3.63, 3.8) is 0 Å². The van der Waals surface area contributed by atoms with E-state index >= 15 is 0 Å². The number of nitrogens with two attached hydrogens (primary N) is 1. The van der Waals surface area contributed by atoms with Crippen LogP contribution in [0.4, 0.5) is 23.2 Å². The molecular formula is C10H9F4N5. The highest BCUT2D eigenvalue weighted by Gasteiger charge is 2.27. The topological polar surface area (TPSA) is 69.6 Å². The molecule has 0 aliphatic rings. The van der Waals surface area contributed by atoms with Crippen LogP contribution >= 0.6 is 0 Å². The largest absolute Gasteiger partial charge is 0.396 e. The molecule has 0 atom stereocenters. The Balaban J connectivity index is 2.26. The van der Waals surface area contributed by atoms with Gasteiger partial charge in [-0.3, -0.25) is 0 Å². The summed E-state index contributed by atoms with van der Waals surface area (Å²) in [5, 5.41) is 10.3. The van der Waals surface area contributed by atoms with Crippen molar-refractivity contribution >= 4 is 5.69 Å². The Morgan fingerprint density at radius 2 is 2.00 bits per heavy atom. The first-order valence-electron chi connectivity index (χ1n) is 5.25. The van der Waals surface area contributed by atoms with Crippen molar-refractivity contribution in [2.24, 2.45) is 0 Å². The summed E-state index contributed by atoms with van der Waals surface area (Å²) >= 11 is 0. The molecule has 9 heteroatoms. The standard InChI is InChI=1S/C10H9F4N5/c11-7-5-6(1-2-8(7)15)9-16-17-18-19(9)4-3-10(12,13)14/h1-2,5H,3-4,15H2. The molecule has 0 aliphatic carbocycles. The van der Waals surface area contributed by atoms with Gasteiger partial charge in [0.15, 0.2) is 5.82 Å². The molecular weight excluding hydrogens is 266 g/mol. The summed E-state index contributed by atoms with van der Waals surface area (Å²) < 4.78 is 50.7. The number of anilines is 1. The third-order valence-corrected chi connectivity index (χ3v) is 2.40. The summed E-state index contributed by atoms with van der Waals surface area (Å²) in [4.78, 5) is 0. The van der Waals surface area contributed by atoms with Gasteiger partial charge in [0.25, 0.3) is 0 Å². The number of tetrazole rings is 1. The number of aromatic nitrogens is 4. The van der Waals surface area contributed by atoms with E-state index < -0.39 is 25.0 Å². The molecule has 2 rings (SSSR count). The van der Waals surface area contributed by atoms with Gasteiger partial charge in [-0.15, -0.1) is 5.10 Å². The van der Waals surface area contributed by atoms with E-state index in [9.17, 15) is 17.6 Å². The molecule has 19 heavy (non-hydrogen) atoms. The molecule has 2 N–H and O–H groups in total. The monoisotopic (exact) mass is 275 g/mol. The van der Waals surface area contributed by atoms with Crippen molar-refractivity contribution in [1.82, 2.24) is 20.2 Å². The summed E-state index contributed by atoms with van der Waals surface area (Å²) in [6.07, 6.45) is -5.38. The summed E-state index contributed by atoms with van der Waals surface area (Å²) in [7, 11) is 0. The Labute approximate surface area is 105 Å². The van der Waals surface area contributed by atoms with Gasteiger partial charge in [-0.25, -0.2) is 9.07 Å². The average molecular weight is 275 g/mol. The third kappa shape index (κ3) is 3.18. The summed E-state index contributed by atoms with van der Waals surface area (Å²) in [6, 6.07) is 3.81. The summed E-state index contributed by atoms with van der Waals surface area (Å²) in [6.45, 7) is -0.433. The molecule has 1 aromatic carbocycles. The lowest BCUT2D eigenvalue weighted by Gasteiger charge is -2.07. The molecule has 0 spiro atoms. The summed E-state index contributed by atoms with van der Waals surface area (Å²) in [5.74, 6) is -0.619. The molecule has 0 saturated heterocycles. The van der Waals surface area contributed by atoms with Gasteiger partial charge in [0.2, 0.25) is 0 Å². The SMILES string of the molecule is Nc1ccc(-c2nnnn2CCC(F)(F)F)cc1F. The molecule has 102 valence electrons. The number of nitrogen functional groups attached to an aromatic ring is 1. The first-order chi connectivity index (χ1) is 8.87. The lowest BCUT2D eigenvalue weighted by Crippen LogP contribution is -2.14. The maximum Gasteiger partial charge on any atom is 0.390 e. The van der Waals surface area contributed by atoms with Crippen LogP contribution in [0, 0.1) is 5.82 Å². The smallest absolute Gasteiger partial charge is 0.390 e. The molecule has 0 bridgehead atoms. The fraction of sp³-hybridized carbons (Fsp3) is 0.300. The molecule has 2 aromatic rings. The van der Waals surface area contributed by atoms with Gasteiger partial charge in [-0.1, -0.05) is 0 Å². The maximum atomic E-state index is 13.3. The molecule has 0 radical (unpaired) electrons. The molecule has 5 nitrogen and oxygen atoms in total. The van der Waals surface area contributed by atoms with E-state index in [4.69, 9.17) is 5.73 Å². The van der Waals surface area contributed by atoms with Crippen LogP contribution in [0.5, 0.6) is 0 Å². The molecule has 0 amide bonds. The van der Waals surface area contributed by atoms with Crippen LogP contribution in [0.3, 0.4) is 0 Å².